The molecular formula is C18H33N3. The molecule has 0 aromatic heterocycles. The Morgan fingerprint density at radius 2 is 0.571 bits per heavy atom. The maximum absolute atomic E-state index is 2.86. The van der Waals surface area contributed by atoms with Crippen molar-refractivity contribution in [1.82, 2.24) is 14.7 Å². The van der Waals surface area contributed by atoms with Crippen LogP contribution < -0.4 is 0 Å². The van der Waals surface area contributed by atoms with Gasteiger partial charge in [-0.05, 0) is 77.8 Å². The minimum absolute atomic E-state index is 0.876. The van der Waals surface area contributed by atoms with E-state index in [0.29, 0.717) is 0 Å². The molecule has 0 aromatic rings. The second-order valence-corrected chi connectivity index (χ2v) is 7.76. The third kappa shape index (κ3) is 3.02. The lowest BCUT2D eigenvalue weighted by atomic mass is 10.1. The first-order valence-electron chi connectivity index (χ1n) is 9.67. The van der Waals surface area contributed by atoms with Crippen LogP contribution in [0.2, 0.25) is 0 Å². The fourth-order valence-electron chi connectivity index (χ4n) is 5.21. The van der Waals surface area contributed by atoms with Crippen molar-refractivity contribution in [2.24, 2.45) is 0 Å². The molecule has 3 nitrogen and oxygen atoms in total. The van der Waals surface area contributed by atoms with E-state index in [4.69, 9.17) is 0 Å². The normalized spacial score (nSPS) is 40.3. The summed E-state index contributed by atoms with van der Waals surface area (Å²) in [6.07, 6.45) is 13.0. The predicted octanol–water partition coefficient (Wildman–Crippen LogP) is 2.56. The molecule has 3 aliphatic heterocycles. The van der Waals surface area contributed by atoms with Crippen LogP contribution >= 0.6 is 0 Å². The quantitative estimate of drug-likeness (QED) is 0.791. The van der Waals surface area contributed by atoms with Gasteiger partial charge in [0.2, 0.25) is 0 Å². The van der Waals surface area contributed by atoms with Gasteiger partial charge in [-0.15, -0.1) is 0 Å². The van der Waals surface area contributed by atoms with Crippen LogP contribution in [0, 0.1) is 0 Å². The molecule has 1 saturated carbocycles. The first kappa shape index (κ1) is 14.5. The number of hydrogen-bond donors (Lipinski definition) is 0. The molecule has 3 heteroatoms. The second-order valence-electron chi connectivity index (χ2n) is 7.76. The summed E-state index contributed by atoms with van der Waals surface area (Å²) >= 11 is 0. The van der Waals surface area contributed by atoms with Crippen molar-refractivity contribution in [2.45, 2.75) is 75.9 Å². The standard InChI is InChI=1S/C18H33N3/c1-4-10-19(11-5-1)16-17(20-12-6-2-7-13-20)18(16)21-14-8-3-9-15-21/h16-18H,1-15H2. The van der Waals surface area contributed by atoms with Crippen LogP contribution in [0.1, 0.15) is 57.8 Å². The third-order valence-corrected chi connectivity index (χ3v) is 6.35. The van der Waals surface area contributed by atoms with E-state index in [-0.39, 0.29) is 0 Å². The van der Waals surface area contributed by atoms with Gasteiger partial charge in [0.15, 0.2) is 0 Å². The van der Waals surface area contributed by atoms with E-state index in [9.17, 15) is 0 Å². The van der Waals surface area contributed by atoms with Gasteiger partial charge in [-0.25, -0.2) is 0 Å². The van der Waals surface area contributed by atoms with Crippen LogP contribution in [-0.4, -0.2) is 72.1 Å². The van der Waals surface area contributed by atoms with Crippen molar-refractivity contribution in [2.75, 3.05) is 39.3 Å². The van der Waals surface area contributed by atoms with Gasteiger partial charge >= 0.3 is 0 Å². The average Bonchev–Trinajstić information content (AvgIpc) is 3.33. The molecule has 0 N–H and O–H groups in total. The highest BCUT2D eigenvalue weighted by Crippen LogP contribution is 2.41. The van der Waals surface area contributed by atoms with Gasteiger partial charge in [0, 0.05) is 18.1 Å². The summed E-state index contributed by atoms with van der Waals surface area (Å²) in [7, 11) is 0. The van der Waals surface area contributed by atoms with Crippen LogP contribution in [0.4, 0.5) is 0 Å². The van der Waals surface area contributed by atoms with Crippen molar-refractivity contribution in [3.63, 3.8) is 0 Å². The maximum atomic E-state index is 2.86. The summed E-state index contributed by atoms with van der Waals surface area (Å²) < 4.78 is 0. The first-order chi connectivity index (χ1) is 10.4. The van der Waals surface area contributed by atoms with Gasteiger partial charge in [-0.1, -0.05) is 19.3 Å². The van der Waals surface area contributed by atoms with Gasteiger partial charge in [0.1, 0.15) is 0 Å². The average molecular weight is 291 g/mol. The molecular weight excluding hydrogens is 258 g/mol. The van der Waals surface area contributed by atoms with E-state index < -0.39 is 0 Å². The monoisotopic (exact) mass is 291 g/mol. The Hall–Kier alpha value is -0.120. The Kier molecular flexibility index (Phi) is 4.52. The number of rotatable bonds is 3. The zero-order valence-corrected chi connectivity index (χ0v) is 13.7. The summed E-state index contributed by atoms with van der Waals surface area (Å²) in [6.45, 7) is 8.25. The zero-order valence-electron chi connectivity index (χ0n) is 13.7. The first-order valence-corrected chi connectivity index (χ1v) is 9.67. The van der Waals surface area contributed by atoms with Crippen molar-refractivity contribution >= 4 is 0 Å². The van der Waals surface area contributed by atoms with Crippen LogP contribution in [0.3, 0.4) is 0 Å². The van der Waals surface area contributed by atoms with Crippen LogP contribution in [0.15, 0.2) is 0 Å². The number of hydrogen-bond acceptors (Lipinski definition) is 3. The summed E-state index contributed by atoms with van der Waals surface area (Å²) in [6, 6.07) is 2.63. The zero-order chi connectivity index (χ0) is 14.1. The Labute approximate surface area is 130 Å². The molecule has 0 spiro atoms. The molecule has 4 fully saturated rings. The van der Waals surface area contributed by atoms with E-state index >= 15 is 0 Å². The highest BCUT2D eigenvalue weighted by molar-refractivity contribution is 5.18. The van der Waals surface area contributed by atoms with E-state index in [1.165, 1.54) is 97.1 Å². The molecule has 0 radical (unpaired) electrons. The molecule has 0 amide bonds. The third-order valence-electron chi connectivity index (χ3n) is 6.35. The highest BCUT2D eigenvalue weighted by atomic mass is 15.4. The molecule has 0 unspecified atom stereocenters. The number of nitrogens with zero attached hydrogens (tertiary/aromatic N) is 3. The lowest BCUT2D eigenvalue weighted by Crippen LogP contribution is -2.39. The van der Waals surface area contributed by atoms with Gasteiger partial charge in [-0.3, -0.25) is 14.7 Å². The SMILES string of the molecule is C1CCN(C2C(N3CCCCC3)C2N2CCCCC2)CC1. The minimum atomic E-state index is 0.876. The molecule has 3 saturated heterocycles. The highest BCUT2D eigenvalue weighted by Gasteiger charge is 2.58. The van der Waals surface area contributed by atoms with Crippen molar-refractivity contribution in [3.05, 3.63) is 0 Å². The molecule has 120 valence electrons. The van der Waals surface area contributed by atoms with E-state index in [0.717, 1.165) is 18.1 Å². The Bertz CT molecular complexity index is 269. The van der Waals surface area contributed by atoms with Crippen LogP contribution in [0.25, 0.3) is 0 Å². The Morgan fingerprint density at radius 3 is 0.810 bits per heavy atom. The van der Waals surface area contributed by atoms with Crippen molar-refractivity contribution < 1.29 is 0 Å². The smallest absolute Gasteiger partial charge is 0.0438 e. The molecule has 21 heavy (non-hydrogen) atoms. The molecule has 4 rings (SSSR count). The van der Waals surface area contributed by atoms with Crippen molar-refractivity contribution in [3.8, 4) is 0 Å². The maximum Gasteiger partial charge on any atom is 0.0438 e. The second kappa shape index (κ2) is 6.55. The lowest BCUT2D eigenvalue weighted by molar-refractivity contribution is 0.162. The molecule has 0 atom stereocenters. The van der Waals surface area contributed by atoms with Crippen LogP contribution in [0.5, 0.6) is 0 Å². The fraction of sp³-hybridized carbons (Fsp3) is 1.00. The van der Waals surface area contributed by atoms with E-state index in [1.54, 1.807) is 0 Å². The molecule has 3 heterocycles. The van der Waals surface area contributed by atoms with Gasteiger partial charge in [0.25, 0.3) is 0 Å². The Morgan fingerprint density at radius 1 is 0.333 bits per heavy atom. The van der Waals surface area contributed by atoms with Gasteiger partial charge in [-0.2, -0.15) is 0 Å². The topological polar surface area (TPSA) is 9.72 Å². The predicted molar refractivity (Wildman–Crippen MR) is 87.6 cm³/mol. The van der Waals surface area contributed by atoms with Crippen molar-refractivity contribution in [1.29, 1.82) is 0 Å². The molecule has 0 aromatic carbocycles. The summed E-state index contributed by atoms with van der Waals surface area (Å²) in [5.74, 6) is 0. The number of likely N-dealkylation sites (tertiary alicyclic amines) is 3. The van der Waals surface area contributed by atoms with E-state index in [1.807, 2.05) is 0 Å². The summed E-state index contributed by atoms with van der Waals surface area (Å²) in [5, 5.41) is 0. The largest absolute Gasteiger partial charge is 0.297 e. The molecule has 4 aliphatic rings. The fourth-order valence-corrected chi connectivity index (χ4v) is 5.21. The summed E-state index contributed by atoms with van der Waals surface area (Å²) in [4.78, 5) is 8.59. The Balaban J connectivity index is 1.45. The molecule has 0 bridgehead atoms. The van der Waals surface area contributed by atoms with E-state index in [2.05, 4.69) is 14.7 Å². The minimum Gasteiger partial charge on any atom is -0.297 e. The van der Waals surface area contributed by atoms with Crippen LogP contribution in [-0.2, 0) is 0 Å². The lowest BCUT2D eigenvalue weighted by Gasteiger charge is -2.30. The molecule has 1 aliphatic carbocycles. The summed E-state index contributed by atoms with van der Waals surface area (Å²) in [5.41, 5.74) is 0. The number of piperidine rings is 3. The van der Waals surface area contributed by atoms with Gasteiger partial charge < -0.3 is 0 Å². The van der Waals surface area contributed by atoms with Gasteiger partial charge in [0.05, 0.1) is 0 Å².